The van der Waals surface area contributed by atoms with Gasteiger partial charge in [0.25, 0.3) is 0 Å². The van der Waals surface area contributed by atoms with Crippen LogP contribution in [-0.2, 0) is 0 Å². The van der Waals surface area contributed by atoms with Crippen LogP contribution < -0.4 is 5.73 Å². The Kier molecular flexibility index (Phi) is 10.2. The number of hydrogen-bond donors (Lipinski definition) is 2. The summed E-state index contributed by atoms with van der Waals surface area (Å²) in [5.74, 6) is 0. The van der Waals surface area contributed by atoms with Gasteiger partial charge < -0.3 is 21.8 Å². The first-order valence-electron chi connectivity index (χ1n) is 3.36. The average molecular weight is 167 g/mol. The van der Waals surface area contributed by atoms with Crippen molar-refractivity contribution < 1.29 is 16.1 Å². The molecule has 0 saturated heterocycles. The van der Waals surface area contributed by atoms with E-state index in [9.17, 15) is 5.11 Å². The number of aliphatic hydroxyl groups is 1. The highest BCUT2D eigenvalue weighted by molar-refractivity contribution is 4.72. The molecule has 0 aromatic rings. The van der Waals surface area contributed by atoms with E-state index in [1.54, 1.807) is 0 Å². The largest absolute Gasteiger partial charge is 0.412 e. The van der Waals surface area contributed by atoms with Crippen molar-refractivity contribution in [3.05, 3.63) is 0 Å². The zero-order valence-corrected chi connectivity index (χ0v) is 7.52. The standard InChI is InChI=1S/C7H17NO.2H2O/c1-7(2,3)6(9)4-5-8;;/h6,9H,4-5,8H2,1-3H3;2*1H2. The van der Waals surface area contributed by atoms with Gasteiger partial charge in [-0.25, -0.2) is 0 Å². The molecular weight excluding hydrogens is 146 g/mol. The van der Waals surface area contributed by atoms with Crippen LogP contribution in [0.15, 0.2) is 0 Å². The van der Waals surface area contributed by atoms with Crippen molar-refractivity contribution in [3.63, 3.8) is 0 Å². The topological polar surface area (TPSA) is 109 Å². The molecule has 4 nitrogen and oxygen atoms in total. The SMILES string of the molecule is CC(C)(C)C(O)CCN.O.O. The molecule has 0 heterocycles. The summed E-state index contributed by atoms with van der Waals surface area (Å²) in [4.78, 5) is 0. The lowest BCUT2D eigenvalue weighted by Gasteiger charge is -2.24. The van der Waals surface area contributed by atoms with Gasteiger partial charge in [-0.3, -0.25) is 0 Å². The molecule has 0 aliphatic heterocycles. The number of nitrogens with two attached hydrogens (primary N) is 1. The van der Waals surface area contributed by atoms with E-state index in [4.69, 9.17) is 5.73 Å². The molecule has 0 spiro atoms. The van der Waals surface area contributed by atoms with Crippen LogP contribution in [0.4, 0.5) is 0 Å². The summed E-state index contributed by atoms with van der Waals surface area (Å²) >= 11 is 0. The summed E-state index contributed by atoms with van der Waals surface area (Å²) in [5.41, 5.74) is 5.25. The monoisotopic (exact) mass is 167 g/mol. The highest BCUT2D eigenvalue weighted by atomic mass is 16.3. The molecule has 0 aromatic heterocycles. The fourth-order valence-corrected chi connectivity index (χ4v) is 0.591. The fraction of sp³-hybridized carbons (Fsp3) is 1.00. The lowest BCUT2D eigenvalue weighted by Crippen LogP contribution is -2.28. The molecule has 0 amide bonds. The van der Waals surface area contributed by atoms with E-state index in [2.05, 4.69) is 0 Å². The second-order valence-electron chi connectivity index (χ2n) is 3.46. The van der Waals surface area contributed by atoms with E-state index in [1.165, 1.54) is 0 Å². The molecule has 0 aromatic carbocycles. The van der Waals surface area contributed by atoms with Crippen molar-refractivity contribution in [3.8, 4) is 0 Å². The van der Waals surface area contributed by atoms with Crippen molar-refractivity contribution in [1.29, 1.82) is 0 Å². The molecule has 4 heteroatoms. The maximum Gasteiger partial charge on any atom is 0.0600 e. The Balaban J connectivity index is -0.000000320. The van der Waals surface area contributed by atoms with Crippen molar-refractivity contribution in [2.24, 2.45) is 11.1 Å². The van der Waals surface area contributed by atoms with Crippen molar-refractivity contribution in [2.75, 3.05) is 6.54 Å². The zero-order valence-electron chi connectivity index (χ0n) is 7.52. The van der Waals surface area contributed by atoms with E-state index >= 15 is 0 Å². The van der Waals surface area contributed by atoms with Crippen LogP contribution in [0, 0.1) is 5.41 Å². The third kappa shape index (κ3) is 7.74. The van der Waals surface area contributed by atoms with Crippen molar-refractivity contribution >= 4 is 0 Å². The average Bonchev–Trinajstić information content (AvgIpc) is 1.64. The zero-order chi connectivity index (χ0) is 7.49. The van der Waals surface area contributed by atoms with Gasteiger partial charge in [0.2, 0.25) is 0 Å². The van der Waals surface area contributed by atoms with Gasteiger partial charge in [-0.15, -0.1) is 0 Å². The summed E-state index contributed by atoms with van der Waals surface area (Å²) in [6.07, 6.45) is 0.436. The van der Waals surface area contributed by atoms with E-state index in [-0.39, 0.29) is 22.5 Å². The summed E-state index contributed by atoms with van der Waals surface area (Å²) in [6, 6.07) is 0. The van der Waals surface area contributed by atoms with E-state index in [0.717, 1.165) is 0 Å². The molecule has 1 unspecified atom stereocenters. The minimum Gasteiger partial charge on any atom is -0.412 e. The van der Waals surface area contributed by atoms with Crippen LogP contribution in [0.1, 0.15) is 27.2 Å². The Morgan fingerprint density at radius 1 is 1.27 bits per heavy atom. The predicted molar refractivity (Wildman–Crippen MR) is 46.4 cm³/mol. The summed E-state index contributed by atoms with van der Waals surface area (Å²) in [5, 5.41) is 9.31. The van der Waals surface area contributed by atoms with Crippen molar-refractivity contribution in [1.82, 2.24) is 0 Å². The van der Waals surface area contributed by atoms with Gasteiger partial charge in [0.15, 0.2) is 0 Å². The number of hydrogen-bond acceptors (Lipinski definition) is 2. The smallest absolute Gasteiger partial charge is 0.0600 e. The van der Waals surface area contributed by atoms with Crippen molar-refractivity contribution in [2.45, 2.75) is 33.3 Å². The quantitative estimate of drug-likeness (QED) is 0.555. The Hall–Kier alpha value is -0.160. The number of aliphatic hydroxyl groups excluding tert-OH is 1. The van der Waals surface area contributed by atoms with Gasteiger partial charge in [0.1, 0.15) is 0 Å². The minimum absolute atomic E-state index is 0. The minimum atomic E-state index is -0.262. The molecule has 7 N–H and O–H groups in total. The van der Waals surface area contributed by atoms with Gasteiger partial charge >= 0.3 is 0 Å². The maximum atomic E-state index is 9.31. The van der Waals surface area contributed by atoms with Gasteiger partial charge in [-0.2, -0.15) is 0 Å². The molecule has 1 atom stereocenters. The Morgan fingerprint density at radius 3 is 1.73 bits per heavy atom. The third-order valence-corrected chi connectivity index (χ3v) is 1.44. The molecule has 0 radical (unpaired) electrons. The Labute approximate surface area is 68.0 Å². The van der Waals surface area contributed by atoms with Gasteiger partial charge in [0, 0.05) is 0 Å². The first-order valence-corrected chi connectivity index (χ1v) is 3.36. The van der Waals surface area contributed by atoms with Gasteiger partial charge in [-0.1, -0.05) is 20.8 Å². The summed E-state index contributed by atoms with van der Waals surface area (Å²) in [7, 11) is 0. The molecule has 0 fully saturated rings. The maximum absolute atomic E-state index is 9.31. The lowest BCUT2D eigenvalue weighted by molar-refractivity contribution is 0.0578. The van der Waals surface area contributed by atoms with Crippen LogP contribution in [0.3, 0.4) is 0 Å². The molecule has 11 heavy (non-hydrogen) atoms. The molecule has 0 aliphatic rings. The number of rotatable bonds is 2. The Morgan fingerprint density at radius 2 is 1.64 bits per heavy atom. The highest BCUT2D eigenvalue weighted by Crippen LogP contribution is 2.20. The molecular formula is C7H21NO3. The molecule has 0 bridgehead atoms. The molecule has 0 saturated carbocycles. The van der Waals surface area contributed by atoms with E-state index in [0.29, 0.717) is 13.0 Å². The second kappa shape index (κ2) is 6.54. The lowest BCUT2D eigenvalue weighted by atomic mass is 9.87. The first kappa shape index (κ1) is 17.1. The van der Waals surface area contributed by atoms with Crippen LogP contribution in [-0.4, -0.2) is 28.7 Å². The van der Waals surface area contributed by atoms with Crippen LogP contribution in [0.2, 0.25) is 0 Å². The normalized spacial score (nSPS) is 12.8. The van der Waals surface area contributed by atoms with E-state index < -0.39 is 0 Å². The Bertz CT molecular complexity index is 80.2. The van der Waals surface area contributed by atoms with Gasteiger partial charge in [-0.05, 0) is 18.4 Å². The summed E-state index contributed by atoms with van der Waals surface area (Å²) in [6.45, 7) is 6.59. The van der Waals surface area contributed by atoms with Crippen LogP contribution in [0.5, 0.6) is 0 Å². The predicted octanol–water partition coefficient (Wildman–Crippen LogP) is -0.907. The third-order valence-electron chi connectivity index (χ3n) is 1.44. The second-order valence-corrected chi connectivity index (χ2v) is 3.46. The molecule has 0 rings (SSSR count). The first-order chi connectivity index (χ1) is 3.98. The van der Waals surface area contributed by atoms with Gasteiger partial charge in [0.05, 0.1) is 6.10 Å². The summed E-state index contributed by atoms with van der Waals surface area (Å²) < 4.78 is 0. The van der Waals surface area contributed by atoms with Crippen LogP contribution in [0.25, 0.3) is 0 Å². The highest BCUT2D eigenvalue weighted by Gasteiger charge is 2.20. The molecule has 72 valence electrons. The fourth-order valence-electron chi connectivity index (χ4n) is 0.591. The molecule has 0 aliphatic carbocycles. The van der Waals surface area contributed by atoms with Crippen LogP contribution >= 0.6 is 0 Å². The van der Waals surface area contributed by atoms with E-state index in [1.807, 2.05) is 20.8 Å².